The number of nitrogens with zero attached hydrogens (tertiary/aromatic N) is 3. The summed E-state index contributed by atoms with van der Waals surface area (Å²) in [6.07, 6.45) is -2.52. The first-order chi connectivity index (χ1) is 18.1. The summed E-state index contributed by atoms with van der Waals surface area (Å²) in [5.41, 5.74) is 0.165. The Morgan fingerprint density at radius 3 is 2.55 bits per heavy atom. The van der Waals surface area contributed by atoms with Crippen molar-refractivity contribution in [2.75, 3.05) is 53.0 Å². The van der Waals surface area contributed by atoms with E-state index in [9.17, 15) is 22.4 Å². The van der Waals surface area contributed by atoms with Crippen LogP contribution >= 0.6 is 11.6 Å². The van der Waals surface area contributed by atoms with Gasteiger partial charge < -0.3 is 9.64 Å². The van der Waals surface area contributed by atoms with Crippen molar-refractivity contribution in [2.45, 2.75) is 43.9 Å². The van der Waals surface area contributed by atoms with Gasteiger partial charge in [0.25, 0.3) is 0 Å². The van der Waals surface area contributed by atoms with Crippen molar-refractivity contribution >= 4 is 17.5 Å². The fourth-order valence-electron chi connectivity index (χ4n) is 5.39. The topological polar surface area (TPSA) is 36.0 Å². The summed E-state index contributed by atoms with van der Waals surface area (Å²) in [5, 5.41) is 0.599. The van der Waals surface area contributed by atoms with Gasteiger partial charge >= 0.3 is 6.18 Å². The van der Waals surface area contributed by atoms with Crippen LogP contribution in [0, 0.1) is 5.82 Å². The minimum atomic E-state index is -4.74. The minimum absolute atomic E-state index is 0.0321. The molecule has 2 aromatic rings. The van der Waals surface area contributed by atoms with Crippen molar-refractivity contribution in [1.82, 2.24) is 14.7 Å². The van der Waals surface area contributed by atoms with Gasteiger partial charge in [-0.05, 0) is 61.8 Å². The molecule has 2 fully saturated rings. The highest BCUT2D eigenvalue weighted by molar-refractivity contribution is 6.30. The van der Waals surface area contributed by atoms with E-state index < -0.39 is 17.6 Å². The first-order valence-corrected chi connectivity index (χ1v) is 13.4. The Hall–Kier alpha value is -2.20. The van der Waals surface area contributed by atoms with Crippen LogP contribution in [0.4, 0.5) is 17.6 Å². The standard InChI is InChI=1S/C28H34ClF4N3O2/c1-34(17-20-8-9-24(25(30)15-20)28(31,32)33)26-19-36(18-23(26)21-5-4-6-22(29)16-21)27(37)7-2-3-10-35-11-13-38-14-12-35/h4-6,8-9,15-16,23,26H,2-3,7,10-14,17-19H2,1H3/t23-,26?/m1/s1. The Kier molecular flexibility index (Phi) is 9.68. The van der Waals surface area contributed by atoms with Gasteiger partial charge in [-0.3, -0.25) is 14.6 Å². The molecule has 1 amide bonds. The molecule has 1 unspecified atom stereocenters. The molecule has 0 spiro atoms. The second-order valence-corrected chi connectivity index (χ2v) is 10.6. The summed E-state index contributed by atoms with van der Waals surface area (Å²) < 4.78 is 58.5. The van der Waals surface area contributed by atoms with Gasteiger partial charge in [0.1, 0.15) is 5.82 Å². The van der Waals surface area contributed by atoms with Gasteiger partial charge in [-0.1, -0.05) is 29.8 Å². The smallest absolute Gasteiger partial charge is 0.379 e. The maximum Gasteiger partial charge on any atom is 0.419 e. The molecule has 38 heavy (non-hydrogen) atoms. The van der Waals surface area contributed by atoms with Gasteiger partial charge in [-0.2, -0.15) is 13.2 Å². The summed E-state index contributed by atoms with van der Waals surface area (Å²) in [7, 11) is 1.86. The molecule has 2 aliphatic heterocycles. The van der Waals surface area contributed by atoms with Gasteiger partial charge in [-0.15, -0.1) is 0 Å². The van der Waals surface area contributed by atoms with E-state index >= 15 is 0 Å². The Morgan fingerprint density at radius 1 is 1.11 bits per heavy atom. The van der Waals surface area contributed by atoms with E-state index in [4.69, 9.17) is 16.3 Å². The highest BCUT2D eigenvalue weighted by Crippen LogP contribution is 2.34. The molecule has 0 saturated carbocycles. The van der Waals surface area contributed by atoms with E-state index in [2.05, 4.69) is 4.90 Å². The number of amides is 1. The van der Waals surface area contributed by atoms with Crippen molar-refractivity contribution in [2.24, 2.45) is 0 Å². The molecular weight excluding hydrogens is 522 g/mol. The number of hydrogen-bond donors (Lipinski definition) is 0. The number of ether oxygens (including phenoxy) is 1. The Morgan fingerprint density at radius 2 is 1.87 bits per heavy atom. The lowest BCUT2D eigenvalue weighted by Gasteiger charge is -2.29. The molecule has 0 aromatic heterocycles. The van der Waals surface area contributed by atoms with E-state index in [1.165, 1.54) is 6.07 Å². The van der Waals surface area contributed by atoms with Crippen LogP contribution in [0.25, 0.3) is 0 Å². The van der Waals surface area contributed by atoms with Crippen molar-refractivity contribution in [3.05, 3.63) is 70.0 Å². The number of alkyl halides is 3. The molecule has 2 heterocycles. The largest absolute Gasteiger partial charge is 0.419 e. The third-order valence-corrected chi connectivity index (χ3v) is 7.71. The van der Waals surface area contributed by atoms with Gasteiger partial charge in [-0.25, -0.2) is 4.39 Å². The number of morpholine rings is 1. The molecule has 0 radical (unpaired) electrons. The third kappa shape index (κ3) is 7.46. The molecule has 0 bridgehead atoms. The molecule has 2 aromatic carbocycles. The summed E-state index contributed by atoms with van der Waals surface area (Å²) in [6, 6.07) is 10.5. The summed E-state index contributed by atoms with van der Waals surface area (Å²) in [6.45, 7) is 5.58. The second kappa shape index (κ2) is 12.8. The van der Waals surface area contributed by atoms with Crippen LogP contribution < -0.4 is 0 Å². The van der Waals surface area contributed by atoms with E-state index in [0.29, 0.717) is 30.1 Å². The third-order valence-electron chi connectivity index (χ3n) is 7.47. The lowest BCUT2D eigenvalue weighted by atomic mass is 9.93. The van der Waals surface area contributed by atoms with E-state index in [1.54, 1.807) is 6.07 Å². The molecule has 0 N–H and O–H groups in total. The van der Waals surface area contributed by atoms with Crippen molar-refractivity contribution in [3.8, 4) is 0 Å². The van der Waals surface area contributed by atoms with Crippen LogP contribution in [0.1, 0.15) is 41.9 Å². The number of unbranched alkanes of at least 4 members (excludes halogenated alkanes) is 1. The zero-order chi connectivity index (χ0) is 27.3. The number of halogens is 5. The number of likely N-dealkylation sites (N-methyl/N-ethyl adjacent to an activating group) is 1. The normalized spacial score (nSPS) is 20.9. The van der Waals surface area contributed by atoms with Crippen LogP contribution in [-0.4, -0.2) is 79.6 Å². The van der Waals surface area contributed by atoms with Gasteiger partial charge in [0, 0.05) is 56.1 Å². The van der Waals surface area contributed by atoms with Crippen LogP contribution in [0.3, 0.4) is 0 Å². The van der Waals surface area contributed by atoms with Crippen LogP contribution in [0.5, 0.6) is 0 Å². The zero-order valence-corrected chi connectivity index (χ0v) is 22.3. The molecular formula is C28H34ClF4N3O2. The van der Waals surface area contributed by atoms with Gasteiger partial charge in [0.15, 0.2) is 0 Å². The molecule has 0 aliphatic carbocycles. The predicted octanol–water partition coefficient (Wildman–Crippen LogP) is 5.43. The molecule has 2 atom stereocenters. The van der Waals surface area contributed by atoms with Crippen LogP contribution in [0.15, 0.2) is 42.5 Å². The maximum absolute atomic E-state index is 14.2. The van der Waals surface area contributed by atoms with E-state index in [-0.39, 0.29) is 24.4 Å². The highest BCUT2D eigenvalue weighted by Gasteiger charge is 2.39. The molecule has 4 rings (SSSR count). The predicted molar refractivity (Wildman–Crippen MR) is 139 cm³/mol. The first-order valence-electron chi connectivity index (χ1n) is 13.0. The number of carbonyl (C=O) groups is 1. The van der Waals surface area contributed by atoms with Crippen LogP contribution in [0.2, 0.25) is 5.02 Å². The molecule has 10 heteroatoms. The van der Waals surface area contributed by atoms with Crippen molar-refractivity contribution in [1.29, 1.82) is 0 Å². The quantitative estimate of drug-likeness (QED) is 0.305. The Bertz CT molecular complexity index is 1090. The fourth-order valence-corrected chi connectivity index (χ4v) is 5.59. The second-order valence-electron chi connectivity index (χ2n) is 10.2. The SMILES string of the molecule is CN(Cc1ccc(C(F)(F)F)c(F)c1)C1CN(C(=O)CCCCN2CCOCC2)C[C@@H]1c1cccc(Cl)c1. The number of benzene rings is 2. The average molecular weight is 556 g/mol. The minimum Gasteiger partial charge on any atom is -0.379 e. The first kappa shape index (κ1) is 28.8. The van der Waals surface area contributed by atoms with Crippen molar-refractivity contribution < 1.29 is 27.1 Å². The monoisotopic (exact) mass is 555 g/mol. The van der Waals surface area contributed by atoms with Gasteiger partial charge in [0.05, 0.1) is 18.8 Å². The zero-order valence-electron chi connectivity index (χ0n) is 21.5. The highest BCUT2D eigenvalue weighted by atomic mass is 35.5. The summed E-state index contributed by atoms with van der Waals surface area (Å²) in [5.74, 6) is -1.22. The lowest BCUT2D eigenvalue weighted by Crippen LogP contribution is -2.38. The number of rotatable bonds is 9. The Balaban J connectivity index is 1.41. The molecule has 208 valence electrons. The Labute approximate surface area is 226 Å². The number of likely N-dealkylation sites (tertiary alicyclic amines) is 1. The number of hydrogen-bond acceptors (Lipinski definition) is 4. The van der Waals surface area contributed by atoms with Crippen LogP contribution in [-0.2, 0) is 22.3 Å². The lowest BCUT2D eigenvalue weighted by molar-refractivity contribution is -0.140. The van der Waals surface area contributed by atoms with Crippen molar-refractivity contribution in [3.63, 3.8) is 0 Å². The maximum atomic E-state index is 14.2. The van der Waals surface area contributed by atoms with E-state index in [1.807, 2.05) is 35.0 Å². The molecule has 2 aliphatic rings. The van der Waals surface area contributed by atoms with E-state index in [0.717, 1.165) is 63.4 Å². The fraction of sp³-hybridized carbons (Fsp3) is 0.536. The number of carbonyl (C=O) groups excluding carboxylic acids is 1. The average Bonchev–Trinajstić information content (AvgIpc) is 3.32. The summed E-state index contributed by atoms with van der Waals surface area (Å²) in [4.78, 5) is 19.3. The van der Waals surface area contributed by atoms with Gasteiger partial charge in [0.2, 0.25) is 5.91 Å². The molecule has 5 nitrogen and oxygen atoms in total. The summed E-state index contributed by atoms with van der Waals surface area (Å²) >= 11 is 6.26. The molecule has 2 saturated heterocycles.